The third-order valence-electron chi connectivity index (χ3n) is 6.82. The molecule has 12 heteroatoms. The Morgan fingerprint density at radius 2 is 1.78 bits per heavy atom. The third kappa shape index (κ3) is 7.06. The normalized spacial score (nSPS) is 18.2. The SMILES string of the molecule is CC(C)(OC(=O)Nc1ccc2c(c1)NC[C@H](C[C@](C)(CO[Si](C)(C)C(C)(C)C)C(=O)O)O2)C(F)(F)F. The molecular formula is C24H37F3N2O6Si. The van der Waals surface area contributed by atoms with Gasteiger partial charge in [0.25, 0.3) is 0 Å². The summed E-state index contributed by atoms with van der Waals surface area (Å²) in [5.41, 5.74) is -3.10. The number of ether oxygens (including phenoxy) is 2. The van der Waals surface area contributed by atoms with Crippen molar-refractivity contribution in [3.63, 3.8) is 0 Å². The van der Waals surface area contributed by atoms with Gasteiger partial charge in [-0.15, -0.1) is 0 Å². The quantitative estimate of drug-likeness (QED) is 0.338. The van der Waals surface area contributed by atoms with Crippen LogP contribution in [0.15, 0.2) is 18.2 Å². The Hall–Kier alpha value is -2.47. The maximum atomic E-state index is 12.9. The minimum Gasteiger partial charge on any atom is -0.486 e. The number of anilines is 2. The maximum Gasteiger partial charge on any atom is 0.427 e. The summed E-state index contributed by atoms with van der Waals surface area (Å²) >= 11 is 0. The zero-order valence-corrected chi connectivity index (χ0v) is 23.1. The van der Waals surface area contributed by atoms with Crippen LogP contribution in [0.5, 0.6) is 5.75 Å². The van der Waals surface area contributed by atoms with Crippen LogP contribution in [0.25, 0.3) is 0 Å². The predicted octanol–water partition coefficient (Wildman–Crippen LogP) is 6.25. The van der Waals surface area contributed by atoms with Gasteiger partial charge in [0.15, 0.2) is 8.32 Å². The smallest absolute Gasteiger partial charge is 0.427 e. The topological polar surface area (TPSA) is 106 Å². The molecule has 36 heavy (non-hydrogen) atoms. The van der Waals surface area contributed by atoms with E-state index in [1.54, 1.807) is 13.0 Å². The van der Waals surface area contributed by atoms with E-state index in [0.29, 0.717) is 18.0 Å². The van der Waals surface area contributed by atoms with E-state index in [1.807, 2.05) is 0 Å². The number of carboxylic acid groups (broad SMARTS) is 1. The molecule has 2 rings (SSSR count). The van der Waals surface area contributed by atoms with Gasteiger partial charge in [-0.25, -0.2) is 4.79 Å². The van der Waals surface area contributed by atoms with Gasteiger partial charge < -0.3 is 24.3 Å². The van der Waals surface area contributed by atoms with E-state index >= 15 is 0 Å². The summed E-state index contributed by atoms with van der Waals surface area (Å²) < 4.78 is 55.6. The number of nitrogens with one attached hydrogen (secondary N) is 2. The molecule has 1 aromatic rings. The number of carboxylic acids is 1. The summed E-state index contributed by atoms with van der Waals surface area (Å²) in [7, 11) is -2.16. The number of alkyl halides is 3. The number of halogens is 3. The van der Waals surface area contributed by atoms with E-state index in [-0.39, 0.29) is 23.8 Å². The molecule has 1 amide bonds. The van der Waals surface area contributed by atoms with Gasteiger partial charge in [0.1, 0.15) is 11.9 Å². The molecule has 2 atom stereocenters. The van der Waals surface area contributed by atoms with Crippen molar-refractivity contribution in [3.8, 4) is 5.75 Å². The predicted molar refractivity (Wildman–Crippen MR) is 133 cm³/mol. The van der Waals surface area contributed by atoms with Crippen molar-refractivity contribution in [2.75, 3.05) is 23.8 Å². The van der Waals surface area contributed by atoms with Crippen molar-refractivity contribution in [2.45, 2.75) is 84.0 Å². The van der Waals surface area contributed by atoms with E-state index in [2.05, 4.69) is 49.2 Å². The number of hydrogen-bond acceptors (Lipinski definition) is 6. The van der Waals surface area contributed by atoms with Crippen LogP contribution < -0.4 is 15.4 Å². The number of rotatable bonds is 8. The van der Waals surface area contributed by atoms with Crippen LogP contribution >= 0.6 is 0 Å². The highest BCUT2D eigenvalue weighted by atomic mass is 28.4. The number of hydrogen-bond donors (Lipinski definition) is 3. The second-order valence-electron chi connectivity index (χ2n) is 11.5. The first-order chi connectivity index (χ1) is 16.2. The summed E-state index contributed by atoms with van der Waals surface area (Å²) in [4.78, 5) is 24.1. The van der Waals surface area contributed by atoms with Crippen molar-refractivity contribution in [1.29, 1.82) is 0 Å². The summed E-state index contributed by atoms with van der Waals surface area (Å²) in [6.07, 6.45) is -6.23. The molecule has 0 radical (unpaired) electrons. The zero-order chi connectivity index (χ0) is 27.7. The largest absolute Gasteiger partial charge is 0.486 e. The minimum atomic E-state index is -4.72. The van der Waals surface area contributed by atoms with Gasteiger partial charge in [-0.2, -0.15) is 13.2 Å². The first kappa shape index (κ1) is 29.8. The molecular weight excluding hydrogens is 497 g/mol. The molecule has 0 saturated carbocycles. The molecule has 0 aliphatic carbocycles. The number of aliphatic carboxylic acids is 1. The van der Waals surface area contributed by atoms with Crippen LogP contribution in [0.1, 0.15) is 48.0 Å². The Morgan fingerprint density at radius 3 is 2.31 bits per heavy atom. The summed E-state index contributed by atoms with van der Waals surface area (Å²) in [6.45, 7) is 13.9. The van der Waals surface area contributed by atoms with Crippen molar-refractivity contribution in [3.05, 3.63) is 18.2 Å². The average molecular weight is 535 g/mol. The van der Waals surface area contributed by atoms with E-state index in [1.165, 1.54) is 12.1 Å². The van der Waals surface area contributed by atoms with Gasteiger partial charge in [-0.05, 0) is 57.1 Å². The highest BCUT2D eigenvalue weighted by Gasteiger charge is 2.51. The zero-order valence-electron chi connectivity index (χ0n) is 22.1. The van der Waals surface area contributed by atoms with Crippen LogP contribution in [-0.2, 0) is 14.0 Å². The average Bonchev–Trinajstić information content (AvgIpc) is 2.70. The van der Waals surface area contributed by atoms with E-state index in [9.17, 15) is 27.9 Å². The Kier molecular flexibility index (Phi) is 8.36. The lowest BCUT2D eigenvalue weighted by molar-refractivity contribution is -0.242. The molecule has 1 aromatic carbocycles. The van der Waals surface area contributed by atoms with Crippen molar-refractivity contribution in [1.82, 2.24) is 0 Å². The lowest BCUT2D eigenvalue weighted by Gasteiger charge is -2.40. The van der Waals surface area contributed by atoms with Crippen molar-refractivity contribution >= 4 is 31.8 Å². The van der Waals surface area contributed by atoms with Gasteiger partial charge in [0.05, 0.1) is 17.6 Å². The standard InChI is InChI=1S/C24H37F3N2O6Si/c1-21(2,3)36(7,8)33-14-23(6,19(30)31)12-16-13-28-17-11-15(9-10-18(17)34-16)29-20(32)35-22(4,5)24(25,26)27/h9-11,16,28H,12-14H2,1-8H3,(H,29,32)(H,30,31)/t16-,23+/m0/s1. The van der Waals surface area contributed by atoms with Gasteiger partial charge in [-0.3, -0.25) is 10.1 Å². The highest BCUT2D eigenvalue weighted by molar-refractivity contribution is 6.74. The third-order valence-corrected chi connectivity index (χ3v) is 11.3. The number of carbonyl (C=O) groups excluding carboxylic acids is 1. The summed E-state index contributed by atoms with van der Waals surface area (Å²) in [5.74, 6) is -0.547. The minimum absolute atomic E-state index is 0.0603. The molecule has 0 aromatic heterocycles. The Bertz CT molecular complexity index is 978. The fourth-order valence-corrected chi connectivity index (χ4v) is 4.22. The monoisotopic (exact) mass is 534 g/mol. The molecule has 0 unspecified atom stereocenters. The molecule has 204 valence electrons. The number of amides is 1. The summed E-state index contributed by atoms with van der Waals surface area (Å²) in [5, 5.41) is 15.3. The molecule has 0 spiro atoms. The second kappa shape index (κ2) is 10.1. The van der Waals surface area contributed by atoms with Crippen LogP contribution in [-0.4, -0.2) is 56.5 Å². The fourth-order valence-electron chi connectivity index (χ4n) is 3.11. The first-order valence-electron chi connectivity index (χ1n) is 11.7. The number of fused-ring (bicyclic) bond motifs is 1. The first-order valence-corrected chi connectivity index (χ1v) is 14.6. The lowest BCUT2D eigenvalue weighted by Crippen LogP contribution is -2.47. The van der Waals surface area contributed by atoms with Crippen LogP contribution in [0.3, 0.4) is 0 Å². The molecule has 0 saturated heterocycles. The van der Waals surface area contributed by atoms with Crippen molar-refractivity contribution in [2.24, 2.45) is 5.41 Å². The number of carbonyl (C=O) groups is 2. The molecule has 1 aliphatic heterocycles. The Labute approximate surface area is 211 Å². The summed E-state index contributed by atoms with van der Waals surface area (Å²) in [6, 6.07) is 4.51. The van der Waals surface area contributed by atoms with E-state index in [4.69, 9.17) is 9.16 Å². The molecule has 0 fully saturated rings. The lowest BCUT2D eigenvalue weighted by atomic mass is 9.85. The van der Waals surface area contributed by atoms with Crippen LogP contribution in [0.2, 0.25) is 18.1 Å². The number of benzene rings is 1. The van der Waals surface area contributed by atoms with Crippen molar-refractivity contribution < 1.29 is 41.8 Å². The van der Waals surface area contributed by atoms with E-state index < -0.39 is 43.7 Å². The Balaban J connectivity index is 2.05. The van der Waals surface area contributed by atoms with Gasteiger partial charge >= 0.3 is 18.2 Å². The molecule has 8 nitrogen and oxygen atoms in total. The molecule has 1 heterocycles. The van der Waals surface area contributed by atoms with Gasteiger partial charge in [0.2, 0.25) is 5.60 Å². The van der Waals surface area contributed by atoms with Gasteiger partial charge in [-0.1, -0.05) is 20.8 Å². The van der Waals surface area contributed by atoms with Gasteiger partial charge in [0, 0.05) is 18.7 Å². The van der Waals surface area contributed by atoms with E-state index in [0.717, 1.165) is 13.8 Å². The highest BCUT2D eigenvalue weighted by Crippen LogP contribution is 2.40. The fraction of sp³-hybridized carbons (Fsp3) is 0.667. The molecule has 3 N–H and O–H groups in total. The maximum absolute atomic E-state index is 12.9. The second-order valence-corrected chi connectivity index (χ2v) is 16.3. The van der Waals surface area contributed by atoms with Crippen LogP contribution in [0, 0.1) is 5.41 Å². The van der Waals surface area contributed by atoms with Crippen LogP contribution in [0.4, 0.5) is 29.3 Å². The molecule has 1 aliphatic rings. The molecule has 0 bridgehead atoms. The Morgan fingerprint density at radius 1 is 1.17 bits per heavy atom.